The molecule has 0 fully saturated rings. The van der Waals surface area contributed by atoms with E-state index in [1.54, 1.807) is 18.5 Å². The maximum absolute atomic E-state index is 12.5. The van der Waals surface area contributed by atoms with Gasteiger partial charge in [0.05, 0.1) is 18.4 Å². The van der Waals surface area contributed by atoms with Crippen LogP contribution in [0.25, 0.3) is 0 Å². The number of rotatable bonds is 3. The van der Waals surface area contributed by atoms with Crippen LogP contribution in [0.5, 0.6) is 0 Å². The summed E-state index contributed by atoms with van der Waals surface area (Å²) in [5.41, 5.74) is 0.754. The van der Waals surface area contributed by atoms with Crippen molar-refractivity contribution in [2.45, 2.75) is 39.8 Å². The van der Waals surface area contributed by atoms with Crippen LogP contribution in [0.15, 0.2) is 29.0 Å². The lowest BCUT2D eigenvalue weighted by Gasteiger charge is -2.27. The van der Waals surface area contributed by atoms with E-state index in [0.29, 0.717) is 17.1 Å². The molecule has 0 N–H and O–H groups in total. The van der Waals surface area contributed by atoms with Crippen molar-refractivity contribution in [2.24, 2.45) is 0 Å². The van der Waals surface area contributed by atoms with E-state index in [0.717, 1.165) is 3.57 Å². The number of aryl methyl sites for hydroxylation is 1. The lowest BCUT2D eigenvalue weighted by molar-refractivity contribution is 0.0576. The Morgan fingerprint density at radius 1 is 1.45 bits per heavy atom. The second-order valence-electron chi connectivity index (χ2n) is 5.82. The SMILES string of the molecule is Cc1cc(CN(C(=O)OC(C)(C)C)c2cnccc2I)no1. The molecule has 6 nitrogen and oxygen atoms in total. The molecule has 2 rings (SSSR count). The number of amides is 1. The van der Waals surface area contributed by atoms with Crippen molar-refractivity contribution in [3.63, 3.8) is 0 Å². The third-order valence-corrected chi connectivity index (χ3v) is 3.56. The maximum Gasteiger partial charge on any atom is 0.415 e. The van der Waals surface area contributed by atoms with Crippen LogP contribution in [0.4, 0.5) is 10.5 Å². The summed E-state index contributed by atoms with van der Waals surface area (Å²) in [6.45, 7) is 7.56. The fourth-order valence-electron chi connectivity index (χ4n) is 1.79. The number of ether oxygens (including phenoxy) is 1. The van der Waals surface area contributed by atoms with Crippen LogP contribution in [-0.4, -0.2) is 21.8 Å². The Morgan fingerprint density at radius 3 is 2.73 bits per heavy atom. The first-order chi connectivity index (χ1) is 10.3. The van der Waals surface area contributed by atoms with Gasteiger partial charge in [0.1, 0.15) is 17.1 Å². The van der Waals surface area contributed by atoms with Gasteiger partial charge in [-0.05, 0) is 56.4 Å². The van der Waals surface area contributed by atoms with Crippen molar-refractivity contribution in [1.29, 1.82) is 0 Å². The highest BCUT2D eigenvalue weighted by atomic mass is 127. The molecule has 2 heterocycles. The summed E-state index contributed by atoms with van der Waals surface area (Å²) in [5.74, 6) is 0.694. The summed E-state index contributed by atoms with van der Waals surface area (Å²) in [6, 6.07) is 3.63. The zero-order valence-corrected chi connectivity index (χ0v) is 15.1. The Balaban J connectivity index is 2.32. The smallest absolute Gasteiger partial charge is 0.415 e. The summed E-state index contributed by atoms with van der Waals surface area (Å²) < 4.78 is 11.5. The molecular weight excluding hydrogens is 397 g/mol. The van der Waals surface area contributed by atoms with Gasteiger partial charge in [0.15, 0.2) is 0 Å². The van der Waals surface area contributed by atoms with Gasteiger partial charge in [-0.1, -0.05) is 5.16 Å². The minimum Gasteiger partial charge on any atom is -0.443 e. The molecule has 0 radical (unpaired) electrons. The van der Waals surface area contributed by atoms with Gasteiger partial charge in [-0.25, -0.2) is 4.79 Å². The van der Waals surface area contributed by atoms with Crippen LogP contribution < -0.4 is 4.90 Å². The summed E-state index contributed by atoms with van der Waals surface area (Å²) in [6.07, 6.45) is 2.87. The molecule has 0 unspecified atom stereocenters. The minimum atomic E-state index is -0.581. The molecule has 0 saturated heterocycles. The number of pyridine rings is 1. The van der Waals surface area contributed by atoms with Gasteiger partial charge in [-0.3, -0.25) is 9.88 Å². The third kappa shape index (κ3) is 4.43. The molecule has 2 aromatic rings. The molecule has 0 atom stereocenters. The predicted octanol–water partition coefficient (Wildman–Crippen LogP) is 3.92. The predicted molar refractivity (Wildman–Crippen MR) is 90.6 cm³/mol. The van der Waals surface area contributed by atoms with Crippen LogP contribution in [-0.2, 0) is 11.3 Å². The van der Waals surface area contributed by atoms with Crippen LogP contribution >= 0.6 is 22.6 Å². The molecule has 0 spiro atoms. The number of aromatic nitrogens is 2. The molecule has 0 aliphatic heterocycles. The van der Waals surface area contributed by atoms with E-state index in [4.69, 9.17) is 9.26 Å². The standard InChI is InChI=1S/C15H18IN3O3/c1-10-7-11(18-22-10)9-19(14(20)21-15(2,3)4)13-8-17-6-5-12(13)16/h5-8H,9H2,1-4H3. The van der Waals surface area contributed by atoms with E-state index in [9.17, 15) is 4.79 Å². The highest BCUT2D eigenvalue weighted by Crippen LogP contribution is 2.25. The quantitative estimate of drug-likeness (QED) is 0.711. The summed E-state index contributed by atoms with van der Waals surface area (Å²) in [5, 5.41) is 3.94. The van der Waals surface area contributed by atoms with Crippen molar-refractivity contribution in [2.75, 3.05) is 4.90 Å². The molecule has 0 aromatic carbocycles. The van der Waals surface area contributed by atoms with Gasteiger partial charge < -0.3 is 9.26 Å². The topological polar surface area (TPSA) is 68.5 Å². The van der Waals surface area contributed by atoms with Crippen molar-refractivity contribution in [3.8, 4) is 0 Å². The van der Waals surface area contributed by atoms with Gasteiger partial charge in [-0.15, -0.1) is 0 Å². The second-order valence-corrected chi connectivity index (χ2v) is 6.98. The summed E-state index contributed by atoms with van der Waals surface area (Å²) >= 11 is 2.16. The van der Waals surface area contributed by atoms with Crippen LogP contribution in [0.1, 0.15) is 32.2 Å². The minimum absolute atomic E-state index is 0.258. The van der Waals surface area contributed by atoms with E-state index in [2.05, 4.69) is 32.7 Å². The average Bonchev–Trinajstić information content (AvgIpc) is 2.80. The normalized spacial score (nSPS) is 11.3. The third-order valence-electron chi connectivity index (χ3n) is 2.65. The Hall–Kier alpha value is -1.64. The number of nitrogens with zero attached hydrogens (tertiary/aromatic N) is 3. The molecular formula is C15H18IN3O3. The Morgan fingerprint density at radius 2 is 2.18 bits per heavy atom. The zero-order valence-electron chi connectivity index (χ0n) is 13.0. The van der Waals surface area contributed by atoms with Crippen LogP contribution in [0.2, 0.25) is 0 Å². The lowest BCUT2D eigenvalue weighted by atomic mass is 10.2. The van der Waals surface area contributed by atoms with E-state index in [1.165, 1.54) is 4.90 Å². The number of carbonyl (C=O) groups excluding carboxylic acids is 1. The molecule has 0 aliphatic rings. The van der Waals surface area contributed by atoms with Gasteiger partial charge in [0.25, 0.3) is 0 Å². The highest BCUT2D eigenvalue weighted by Gasteiger charge is 2.26. The number of hydrogen-bond donors (Lipinski definition) is 0. The zero-order chi connectivity index (χ0) is 16.3. The Bertz CT molecular complexity index is 664. The van der Waals surface area contributed by atoms with Crippen LogP contribution in [0.3, 0.4) is 0 Å². The molecule has 0 saturated carbocycles. The first-order valence-electron chi connectivity index (χ1n) is 6.78. The van der Waals surface area contributed by atoms with Crippen molar-refractivity contribution >= 4 is 34.4 Å². The average molecular weight is 415 g/mol. The first kappa shape index (κ1) is 16.7. The van der Waals surface area contributed by atoms with Gasteiger partial charge in [-0.2, -0.15) is 0 Å². The highest BCUT2D eigenvalue weighted by molar-refractivity contribution is 14.1. The molecule has 0 bridgehead atoms. The van der Waals surface area contributed by atoms with E-state index in [1.807, 2.05) is 33.8 Å². The largest absolute Gasteiger partial charge is 0.443 e. The van der Waals surface area contributed by atoms with Gasteiger partial charge >= 0.3 is 6.09 Å². The Labute approximate surface area is 143 Å². The van der Waals surface area contributed by atoms with E-state index < -0.39 is 11.7 Å². The van der Waals surface area contributed by atoms with Crippen molar-refractivity contribution in [1.82, 2.24) is 10.1 Å². The van der Waals surface area contributed by atoms with Crippen molar-refractivity contribution in [3.05, 3.63) is 39.6 Å². The van der Waals surface area contributed by atoms with Gasteiger partial charge in [0, 0.05) is 15.8 Å². The summed E-state index contributed by atoms with van der Waals surface area (Å²) in [7, 11) is 0. The lowest BCUT2D eigenvalue weighted by Crippen LogP contribution is -2.37. The van der Waals surface area contributed by atoms with Crippen LogP contribution in [0, 0.1) is 10.5 Å². The molecule has 118 valence electrons. The van der Waals surface area contributed by atoms with Crippen molar-refractivity contribution < 1.29 is 14.1 Å². The maximum atomic E-state index is 12.5. The monoisotopic (exact) mass is 415 g/mol. The molecule has 1 amide bonds. The number of hydrogen-bond acceptors (Lipinski definition) is 5. The molecule has 0 aliphatic carbocycles. The number of halogens is 1. The fourth-order valence-corrected chi connectivity index (χ4v) is 2.38. The second kappa shape index (κ2) is 6.64. The van der Waals surface area contributed by atoms with Gasteiger partial charge in [0.2, 0.25) is 0 Å². The first-order valence-corrected chi connectivity index (χ1v) is 7.86. The van der Waals surface area contributed by atoms with E-state index in [-0.39, 0.29) is 6.54 Å². The molecule has 2 aromatic heterocycles. The number of carbonyl (C=O) groups is 1. The molecule has 7 heteroatoms. The molecule has 22 heavy (non-hydrogen) atoms. The van der Waals surface area contributed by atoms with E-state index >= 15 is 0 Å². The summed E-state index contributed by atoms with van der Waals surface area (Å²) in [4.78, 5) is 18.1. The Kier molecular flexibility index (Phi) is 5.05. The number of anilines is 1. The fraction of sp³-hybridized carbons (Fsp3) is 0.400.